The lowest BCUT2D eigenvalue weighted by molar-refractivity contribution is 0.319. The highest BCUT2D eigenvalue weighted by atomic mass is 79.9. The van der Waals surface area contributed by atoms with Gasteiger partial charge in [0.1, 0.15) is 0 Å². The first-order valence-corrected chi connectivity index (χ1v) is 9.61. The van der Waals surface area contributed by atoms with Crippen LogP contribution in [0.25, 0.3) is 0 Å². The maximum absolute atomic E-state index is 12.6. The van der Waals surface area contributed by atoms with Crippen molar-refractivity contribution >= 4 is 26.0 Å². The number of sulfonamides is 1. The molecule has 2 aromatic rings. The van der Waals surface area contributed by atoms with Crippen LogP contribution in [0.15, 0.2) is 64.0 Å². The molecule has 116 valence electrons. The molecule has 0 bridgehead atoms. The minimum Gasteiger partial charge on any atom is -0.207 e. The SMILES string of the molecule is O=S(=O)(c1ccccc1)N1CCC(c2ccc(Br)cc2)CC1. The fraction of sp³-hybridized carbons (Fsp3) is 0.294. The van der Waals surface area contributed by atoms with E-state index in [0.29, 0.717) is 23.9 Å². The van der Waals surface area contributed by atoms with Gasteiger partial charge in [0, 0.05) is 17.6 Å². The maximum Gasteiger partial charge on any atom is 0.243 e. The largest absolute Gasteiger partial charge is 0.243 e. The first-order valence-electron chi connectivity index (χ1n) is 7.38. The number of rotatable bonds is 3. The van der Waals surface area contributed by atoms with E-state index in [1.807, 2.05) is 18.2 Å². The molecule has 0 radical (unpaired) electrons. The Kier molecular flexibility index (Phi) is 4.66. The summed E-state index contributed by atoms with van der Waals surface area (Å²) >= 11 is 3.44. The molecule has 0 atom stereocenters. The topological polar surface area (TPSA) is 37.4 Å². The zero-order valence-electron chi connectivity index (χ0n) is 12.2. The number of nitrogens with zero attached hydrogens (tertiary/aromatic N) is 1. The molecule has 0 aliphatic carbocycles. The lowest BCUT2D eigenvalue weighted by Crippen LogP contribution is -2.37. The third kappa shape index (κ3) is 3.26. The third-order valence-corrected chi connectivity index (χ3v) is 6.62. The molecule has 1 aliphatic heterocycles. The summed E-state index contributed by atoms with van der Waals surface area (Å²) in [4.78, 5) is 0.386. The smallest absolute Gasteiger partial charge is 0.207 e. The van der Waals surface area contributed by atoms with Crippen molar-refractivity contribution in [3.05, 3.63) is 64.6 Å². The second-order valence-corrected chi connectivity index (χ2v) is 8.40. The molecule has 0 aromatic heterocycles. The van der Waals surface area contributed by atoms with Gasteiger partial charge in [-0.2, -0.15) is 4.31 Å². The van der Waals surface area contributed by atoms with Gasteiger partial charge in [0.15, 0.2) is 0 Å². The summed E-state index contributed by atoms with van der Waals surface area (Å²) in [6.07, 6.45) is 1.74. The van der Waals surface area contributed by atoms with Crippen LogP contribution in [-0.4, -0.2) is 25.8 Å². The van der Waals surface area contributed by atoms with Crippen LogP contribution in [0.5, 0.6) is 0 Å². The van der Waals surface area contributed by atoms with E-state index in [4.69, 9.17) is 0 Å². The predicted molar refractivity (Wildman–Crippen MR) is 91.3 cm³/mol. The molecule has 1 aliphatic rings. The lowest BCUT2D eigenvalue weighted by Gasteiger charge is -2.31. The maximum atomic E-state index is 12.6. The van der Waals surface area contributed by atoms with Crippen molar-refractivity contribution in [2.24, 2.45) is 0 Å². The molecule has 0 saturated carbocycles. The number of piperidine rings is 1. The van der Waals surface area contributed by atoms with E-state index in [0.717, 1.165) is 17.3 Å². The standard InChI is InChI=1S/C17H18BrNO2S/c18-16-8-6-14(7-9-16)15-10-12-19(13-11-15)22(20,21)17-4-2-1-3-5-17/h1-9,15H,10-13H2. The van der Waals surface area contributed by atoms with Gasteiger partial charge in [0.2, 0.25) is 10.0 Å². The Morgan fingerprint density at radius 2 is 1.50 bits per heavy atom. The quantitative estimate of drug-likeness (QED) is 0.807. The molecule has 5 heteroatoms. The Bertz CT molecular complexity index is 721. The average Bonchev–Trinajstić information content (AvgIpc) is 2.56. The molecule has 3 rings (SSSR count). The average molecular weight is 380 g/mol. The zero-order valence-corrected chi connectivity index (χ0v) is 14.6. The minimum absolute atomic E-state index is 0.386. The third-order valence-electron chi connectivity index (χ3n) is 4.18. The number of hydrogen-bond donors (Lipinski definition) is 0. The summed E-state index contributed by atoms with van der Waals surface area (Å²) < 4.78 is 27.9. The van der Waals surface area contributed by atoms with Crippen LogP contribution in [-0.2, 0) is 10.0 Å². The normalized spacial score (nSPS) is 17.5. The summed E-state index contributed by atoms with van der Waals surface area (Å²) in [6, 6.07) is 17.0. The molecule has 1 heterocycles. The van der Waals surface area contributed by atoms with Gasteiger partial charge in [-0.15, -0.1) is 0 Å². The summed E-state index contributed by atoms with van der Waals surface area (Å²) in [7, 11) is -3.35. The van der Waals surface area contributed by atoms with E-state index in [9.17, 15) is 8.42 Å². The van der Waals surface area contributed by atoms with Gasteiger partial charge in [0.05, 0.1) is 4.90 Å². The van der Waals surface area contributed by atoms with Gasteiger partial charge in [-0.05, 0) is 48.6 Å². The van der Waals surface area contributed by atoms with Crippen LogP contribution in [0, 0.1) is 0 Å². The van der Waals surface area contributed by atoms with E-state index >= 15 is 0 Å². The van der Waals surface area contributed by atoms with Gasteiger partial charge in [-0.1, -0.05) is 46.3 Å². The molecule has 0 unspecified atom stereocenters. The van der Waals surface area contributed by atoms with E-state index in [2.05, 4.69) is 28.1 Å². The van der Waals surface area contributed by atoms with E-state index in [1.165, 1.54) is 5.56 Å². The van der Waals surface area contributed by atoms with Gasteiger partial charge in [0.25, 0.3) is 0 Å². The lowest BCUT2D eigenvalue weighted by atomic mass is 9.90. The molecule has 3 nitrogen and oxygen atoms in total. The van der Waals surface area contributed by atoms with Crippen LogP contribution in [0.1, 0.15) is 24.3 Å². The Morgan fingerprint density at radius 3 is 2.09 bits per heavy atom. The molecule has 0 N–H and O–H groups in total. The zero-order chi connectivity index (χ0) is 15.6. The molecule has 1 saturated heterocycles. The van der Waals surface area contributed by atoms with Gasteiger partial charge >= 0.3 is 0 Å². The van der Waals surface area contributed by atoms with Crippen LogP contribution >= 0.6 is 15.9 Å². The molecular formula is C17H18BrNO2S. The molecular weight excluding hydrogens is 362 g/mol. The van der Waals surface area contributed by atoms with Crippen molar-refractivity contribution in [3.63, 3.8) is 0 Å². The van der Waals surface area contributed by atoms with Crippen LogP contribution < -0.4 is 0 Å². The summed E-state index contributed by atoms with van der Waals surface area (Å²) in [5.41, 5.74) is 1.29. The Hall–Kier alpha value is -1.17. The molecule has 22 heavy (non-hydrogen) atoms. The highest BCUT2D eigenvalue weighted by molar-refractivity contribution is 9.10. The Balaban J connectivity index is 1.70. The van der Waals surface area contributed by atoms with Crippen molar-refractivity contribution in [2.45, 2.75) is 23.7 Å². The Labute approximate surface area is 140 Å². The fourth-order valence-corrected chi connectivity index (χ4v) is 4.66. The monoisotopic (exact) mass is 379 g/mol. The van der Waals surface area contributed by atoms with Gasteiger partial charge < -0.3 is 0 Å². The van der Waals surface area contributed by atoms with E-state index < -0.39 is 10.0 Å². The highest BCUT2D eigenvalue weighted by Crippen LogP contribution is 2.31. The molecule has 1 fully saturated rings. The van der Waals surface area contributed by atoms with Crippen molar-refractivity contribution in [1.82, 2.24) is 4.31 Å². The van der Waals surface area contributed by atoms with Crippen molar-refractivity contribution < 1.29 is 8.42 Å². The second kappa shape index (κ2) is 6.52. The van der Waals surface area contributed by atoms with Crippen molar-refractivity contribution in [2.75, 3.05) is 13.1 Å². The Morgan fingerprint density at radius 1 is 0.909 bits per heavy atom. The van der Waals surface area contributed by atoms with Crippen LogP contribution in [0.3, 0.4) is 0 Å². The highest BCUT2D eigenvalue weighted by Gasteiger charge is 2.29. The number of hydrogen-bond acceptors (Lipinski definition) is 2. The van der Waals surface area contributed by atoms with E-state index in [-0.39, 0.29) is 0 Å². The first-order chi connectivity index (χ1) is 10.6. The fourth-order valence-electron chi connectivity index (χ4n) is 2.91. The predicted octanol–water partition coefficient (Wildman–Crippen LogP) is 4.02. The minimum atomic E-state index is -3.35. The summed E-state index contributed by atoms with van der Waals surface area (Å²) in [5, 5.41) is 0. The number of halogens is 1. The second-order valence-electron chi connectivity index (χ2n) is 5.54. The molecule has 0 spiro atoms. The van der Waals surface area contributed by atoms with Crippen LogP contribution in [0.4, 0.5) is 0 Å². The molecule has 0 amide bonds. The number of benzene rings is 2. The van der Waals surface area contributed by atoms with Gasteiger partial charge in [-0.3, -0.25) is 0 Å². The summed E-state index contributed by atoms with van der Waals surface area (Å²) in [6.45, 7) is 1.16. The summed E-state index contributed by atoms with van der Waals surface area (Å²) in [5.74, 6) is 0.440. The van der Waals surface area contributed by atoms with Gasteiger partial charge in [-0.25, -0.2) is 8.42 Å². The first kappa shape index (κ1) is 15.7. The molecule has 2 aromatic carbocycles. The van der Waals surface area contributed by atoms with Crippen molar-refractivity contribution in [3.8, 4) is 0 Å². The van der Waals surface area contributed by atoms with Crippen LogP contribution in [0.2, 0.25) is 0 Å². The van der Waals surface area contributed by atoms with Crippen molar-refractivity contribution in [1.29, 1.82) is 0 Å². The van der Waals surface area contributed by atoms with E-state index in [1.54, 1.807) is 28.6 Å².